The van der Waals surface area contributed by atoms with E-state index in [1.807, 2.05) is 0 Å². The first kappa shape index (κ1) is 16.3. The second-order valence-corrected chi connectivity index (χ2v) is 7.93. The number of hydrogen-bond donors (Lipinski definition) is 2. The van der Waals surface area contributed by atoms with Gasteiger partial charge in [-0.3, -0.25) is 10.3 Å². The molecule has 134 valence electrons. The summed E-state index contributed by atoms with van der Waals surface area (Å²) in [6.07, 6.45) is 9.00. The maximum absolute atomic E-state index is 12.9. The van der Waals surface area contributed by atoms with Crippen molar-refractivity contribution in [2.24, 2.45) is 4.99 Å². The van der Waals surface area contributed by atoms with Gasteiger partial charge in [-0.15, -0.1) is 0 Å². The number of ether oxygens (including phenoxy) is 1. The molecule has 3 aliphatic heterocycles. The number of amidine groups is 1. The molecular formula is C18H30N4O2. The third-order valence-corrected chi connectivity index (χ3v) is 6.18. The topological polar surface area (TPSA) is 66.0 Å². The number of carbonyl (C=O) groups excluding carboxylic acids is 1. The Labute approximate surface area is 144 Å². The van der Waals surface area contributed by atoms with Crippen LogP contribution in [-0.4, -0.2) is 60.2 Å². The average molecular weight is 334 g/mol. The Morgan fingerprint density at radius 3 is 2.79 bits per heavy atom. The van der Waals surface area contributed by atoms with E-state index >= 15 is 0 Å². The SMILES string of the molecule is CC1CC2(CCN1)C(=NC1CCCCC1)NC(=O)N2C1CCOC1. The highest BCUT2D eigenvalue weighted by Crippen LogP contribution is 2.38. The smallest absolute Gasteiger partial charge is 0.323 e. The van der Waals surface area contributed by atoms with Gasteiger partial charge in [-0.05, 0) is 45.6 Å². The summed E-state index contributed by atoms with van der Waals surface area (Å²) in [5, 5.41) is 6.69. The number of rotatable bonds is 2. The van der Waals surface area contributed by atoms with E-state index in [9.17, 15) is 4.79 Å². The van der Waals surface area contributed by atoms with Gasteiger partial charge in [0.15, 0.2) is 0 Å². The first-order chi connectivity index (χ1) is 11.7. The monoisotopic (exact) mass is 334 g/mol. The molecule has 4 aliphatic rings. The van der Waals surface area contributed by atoms with Crippen LogP contribution in [0.25, 0.3) is 0 Å². The Hall–Kier alpha value is -1.14. The normalized spacial score (nSPS) is 39.8. The number of urea groups is 1. The van der Waals surface area contributed by atoms with Crippen LogP contribution < -0.4 is 10.6 Å². The zero-order chi connectivity index (χ0) is 16.6. The molecule has 3 heterocycles. The number of piperidine rings is 1. The van der Waals surface area contributed by atoms with E-state index < -0.39 is 0 Å². The van der Waals surface area contributed by atoms with Crippen molar-refractivity contribution >= 4 is 11.9 Å². The second kappa shape index (κ2) is 6.64. The molecule has 2 N–H and O–H groups in total. The van der Waals surface area contributed by atoms with Crippen molar-refractivity contribution in [1.29, 1.82) is 0 Å². The van der Waals surface area contributed by atoms with Gasteiger partial charge in [0.25, 0.3) is 0 Å². The first-order valence-electron chi connectivity index (χ1n) is 9.69. The van der Waals surface area contributed by atoms with Crippen LogP contribution in [0.5, 0.6) is 0 Å². The molecule has 3 atom stereocenters. The molecule has 0 aromatic heterocycles. The van der Waals surface area contributed by atoms with Crippen LogP contribution in [0, 0.1) is 0 Å². The fourth-order valence-corrected chi connectivity index (χ4v) is 5.01. The largest absolute Gasteiger partial charge is 0.379 e. The molecule has 3 saturated heterocycles. The zero-order valence-corrected chi connectivity index (χ0v) is 14.7. The zero-order valence-electron chi connectivity index (χ0n) is 14.7. The van der Waals surface area contributed by atoms with Gasteiger partial charge in [0.1, 0.15) is 11.4 Å². The molecule has 2 amide bonds. The second-order valence-electron chi connectivity index (χ2n) is 7.93. The highest BCUT2D eigenvalue weighted by Gasteiger charge is 2.55. The van der Waals surface area contributed by atoms with Crippen molar-refractivity contribution in [2.45, 2.75) is 82.0 Å². The summed E-state index contributed by atoms with van der Waals surface area (Å²) in [6, 6.07) is 1.01. The lowest BCUT2D eigenvalue weighted by molar-refractivity contribution is 0.0914. The summed E-state index contributed by atoms with van der Waals surface area (Å²) in [5.41, 5.74) is -0.252. The van der Waals surface area contributed by atoms with E-state index in [0.717, 1.165) is 51.1 Å². The summed E-state index contributed by atoms with van der Waals surface area (Å²) >= 11 is 0. The van der Waals surface area contributed by atoms with Crippen molar-refractivity contribution in [1.82, 2.24) is 15.5 Å². The highest BCUT2D eigenvalue weighted by molar-refractivity contribution is 6.10. The van der Waals surface area contributed by atoms with Gasteiger partial charge >= 0.3 is 6.03 Å². The van der Waals surface area contributed by atoms with Crippen LogP contribution in [0.15, 0.2) is 4.99 Å². The maximum atomic E-state index is 12.9. The van der Waals surface area contributed by atoms with E-state index in [4.69, 9.17) is 9.73 Å². The molecule has 3 unspecified atom stereocenters. The van der Waals surface area contributed by atoms with E-state index in [1.165, 1.54) is 19.3 Å². The Balaban J connectivity index is 1.66. The third-order valence-electron chi connectivity index (χ3n) is 6.18. The van der Waals surface area contributed by atoms with E-state index in [2.05, 4.69) is 22.5 Å². The lowest BCUT2D eigenvalue weighted by Crippen LogP contribution is -2.61. The van der Waals surface area contributed by atoms with E-state index in [1.54, 1.807) is 0 Å². The third kappa shape index (κ3) is 2.84. The Bertz CT molecular complexity index is 511. The number of nitrogens with one attached hydrogen (secondary N) is 2. The number of carbonyl (C=O) groups is 1. The maximum Gasteiger partial charge on any atom is 0.323 e. The molecule has 0 aromatic carbocycles. The standard InChI is InChI=1S/C18H30N4O2/c1-13-11-18(8-9-19-13)16(20-14-5-3-2-4-6-14)21-17(23)22(18)15-7-10-24-12-15/h13-15,19H,2-12H2,1H3,(H,20,21,23). The predicted molar refractivity (Wildman–Crippen MR) is 93.3 cm³/mol. The quantitative estimate of drug-likeness (QED) is 0.812. The first-order valence-corrected chi connectivity index (χ1v) is 9.69. The Morgan fingerprint density at radius 1 is 1.25 bits per heavy atom. The minimum Gasteiger partial charge on any atom is -0.379 e. The number of hydrogen-bond acceptors (Lipinski definition) is 4. The van der Waals surface area contributed by atoms with Crippen LogP contribution in [0.4, 0.5) is 4.79 Å². The lowest BCUT2D eigenvalue weighted by Gasteiger charge is -2.45. The lowest BCUT2D eigenvalue weighted by atomic mass is 9.81. The molecule has 0 bridgehead atoms. The van der Waals surface area contributed by atoms with Crippen LogP contribution >= 0.6 is 0 Å². The van der Waals surface area contributed by atoms with Crippen LogP contribution in [0.3, 0.4) is 0 Å². The molecule has 1 saturated carbocycles. The molecule has 6 nitrogen and oxygen atoms in total. The Morgan fingerprint density at radius 2 is 2.08 bits per heavy atom. The summed E-state index contributed by atoms with van der Waals surface area (Å²) in [7, 11) is 0. The van der Waals surface area contributed by atoms with Crippen molar-refractivity contribution in [2.75, 3.05) is 19.8 Å². The number of aliphatic imine (C=N–C) groups is 1. The van der Waals surface area contributed by atoms with Crippen molar-refractivity contribution in [3.8, 4) is 0 Å². The summed E-state index contributed by atoms with van der Waals surface area (Å²) in [5.74, 6) is 0.944. The average Bonchev–Trinajstić information content (AvgIpc) is 3.16. The molecule has 4 rings (SSSR count). The van der Waals surface area contributed by atoms with Gasteiger partial charge in [-0.25, -0.2) is 4.79 Å². The van der Waals surface area contributed by atoms with Gasteiger partial charge in [0.2, 0.25) is 0 Å². The van der Waals surface area contributed by atoms with Crippen LogP contribution in [-0.2, 0) is 4.74 Å². The predicted octanol–water partition coefficient (Wildman–Crippen LogP) is 2.04. The van der Waals surface area contributed by atoms with Gasteiger partial charge < -0.3 is 15.0 Å². The minimum absolute atomic E-state index is 0.0363. The molecule has 24 heavy (non-hydrogen) atoms. The molecule has 1 aliphatic carbocycles. The van der Waals surface area contributed by atoms with Crippen LogP contribution in [0.2, 0.25) is 0 Å². The molecule has 6 heteroatoms. The molecule has 0 radical (unpaired) electrons. The molecule has 4 fully saturated rings. The molecule has 0 aromatic rings. The van der Waals surface area contributed by atoms with Crippen molar-refractivity contribution in [3.63, 3.8) is 0 Å². The molecular weight excluding hydrogens is 304 g/mol. The van der Waals surface area contributed by atoms with E-state index in [0.29, 0.717) is 18.7 Å². The summed E-state index contributed by atoms with van der Waals surface area (Å²) in [4.78, 5) is 20.0. The van der Waals surface area contributed by atoms with Gasteiger partial charge in [-0.1, -0.05) is 19.3 Å². The van der Waals surface area contributed by atoms with Crippen LogP contribution in [0.1, 0.15) is 58.3 Å². The van der Waals surface area contributed by atoms with E-state index in [-0.39, 0.29) is 17.6 Å². The molecule has 1 spiro atoms. The number of amides is 2. The van der Waals surface area contributed by atoms with Crippen molar-refractivity contribution in [3.05, 3.63) is 0 Å². The highest BCUT2D eigenvalue weighted by atomic mass is 16.5. The van der Waals surface area contributed by atoms with Crippen molar-refractivity contribution < 1.29 is 9.53 Å². The number of nitrogens with zero attached hydrogens (tertiary/aromatic N) is 2. The minimum atomic E-state index is -0.252. The Kier molecular flexibility index (Phi) is 4.52. The summed E-state index contributed by atoms with van der Waals surface area (Å²) in [6.45, 7) is 4.57. The van der Waals surface area contributed by atoms with Gasteiger partial charge in [-0.2, -0.15) is 0 Å². The fraction of sp³-hybridized carbons (Fsp3) is 0.889. The summed E-state index contributed by atoms with van der Waals surface area (Å²) < 4.78 is 5.59. The fourth-order valence-electron chi connectivity index (χ4n) is 5.01. The van der Waals surface area contributed by atoms with Gasteiger partial charge in [0, 0.05) is 12.6 Å². The van der Waals surface area contributed by atoms with Gasteiger partial charge in [0.05, 0.1) is 18.7 Å².